The first-order valence-electron chi connectivity index (χ1n) is 17.3. The van der Waals surface area contributed by atoms with Gasteiger partial charge in [-0.2, -0.15) is 0 Å². The van der Waals surface area contributed by atoms with Gasteiger partial charge in [0.15, 0.2) is 0 Å². The van der Waals surface area contributed by atoms with Crippen LogP contribution < -0.4 is 43.4 Å². The molecule has 0 aromatic rings. The van der Waals surface area contributed by atoms with Crippen molar-refractivity contribution in [1.29, 1.82) is 0 Å². The number of likely N-dealkylation sites (tertiary alicyclic amines) is 1. The number of nitrogens with zero attached hydrogens (tertiary/aromatic N) is 1. The molecule has 0 aromatic heterocycles. The minimum absolute atomic E-state index is 0.0675. The molecule has 0 aromatic carbocycles. The van der Waals surface area contributed by atoms with Gasteiger partial charge in [0, 0.05) is 6.54 Å². The van der Waals surface area contributed by atoms with Crippen molar-refractivity contribution in [2.75, 3.05) is 26.3 Å². The number of hydrogen-bond acceptors (Lipinski definition) is 12. The molecule has 8 atom stereocenters. The van der Waals surface area contributed by atoms with Gasteiger partial charge in [0.25, 0.3) is 0 Å². The lowest BCUT2D eigenvalue weighted by Gasteiger charge is -2.29. The van der Waals surface area contributed by atoms with Gasteiger partial charge in [-0.1, -0.05) is 34.1 Å². The lowest BCUT2D eigenvalue weighted by Crippen LogP contribution is -2.60. The molecule has 13 N–H and O–H groups in total. The Labute approximate surface area is 307 Å². The van der Waals surface area contributed by atoms with E-state index < -0.39 is 128 Å². The fourth-order valence-corrected chi connectivity index (χ4v) is 5.33. The summed E-state index contributed by atoms with van der Waals surface area (Å²) in [6.07, 6.45) is 0.871. The molecule has 1 aliphatic heterocycles. The molecule has 1 aliphatic rings. The van der Waals surface area contributed by atoms with Gasteiger partial charge in [-0.25, -0.2) is 4.79 Å². The number of primary amides is 1. The average molecular weight is 758 g/mol. The molecular formula is C32H55N9O12. The van der Waals surface area contributed by atoms with Crippen molar-refractivity contribution in [2.24, 2.45) is 23.3 Å². The standard InChI is InChI=1S/C32H55N9O12/c1-6-16(4)25(30(50)37-19(10-15(2)3)27(47)38-20(13-42)28(48)39-21(14-43)32(52)53)40-26(46)17(5)36-24(45)12-35-29(49)22-8-7-9-41(22)31(51)18(33)11-23(34)44/h15-22,25,42-43H,6-14,33H2,1-5H3,(H2,34,44)(H,35,49)(H,36,45)(H,37,50)(H,38,47)(H,39,48)(H,40,46)(H,52,53)/t16-,17-,18-,19-,20-,21-,22-,25-/m0/s1. The van der Waals surface area contributed by atoms with E-state index in [0.29, 0.717) is 19.3 Å². The van der Waals surface area contributed by atoms with Crippen LogP contribution in [0.5, 0.6) is 0 Å². The van der Waals surface area contributed by atoms with Crippen LogP contribution in [0, 0.1) is 11.8 Å². The number of nitrogens with one attached hydrogen (secondary N) is 6. The van der Waals surface area contributed by atoms with E-state index in [9.17, 15) is 53.4 Å². The molecule has 0 radical (unpaired) electrons. The molecule has 0 spiro atoms. The van der Waals surface area contributed by atoms with E-state index >= 15 is 0 Å². The summed E-state index contributed by atoms with van der Waals surface area (Å²) in [7, 11) is 0. The van der Waals surface area contributed by atoms with Gasteiger partial charge in [-0.05, 0) is 38.0 Å². The lowest BCUT2D eigenvalue weighted by atomic mass is 9.96. The maximum Gasteiger partial charge on any atom is 0.328 e. The first-order valence-corrected chi connectivity index (χ1v) is 17.3. The number of aliphatic carboxylic acids is 1. The van der Waals surface area contributed by atoms with Crippen molar-refractivity contribution < 1.29 is 58.5 Å². The second kappa shape index (κ2) is 22.2. The zero-order valence-corrected chi connectivity index (χ0v) is 30.7. The highest BCUT2D eigenvalue weighted by molar-refractivity contribution is 5.97. The first kappa shape index (κ1) is 46.1. The summed E-state index contributed by atoms with van der Waals surface area (Å²) in [5.41, 5.74) is 10.9. The van der Waals surface area contributed by atoms with E-state index in [1.165, 1.54) is 11.8 Å². The maximum absolute atomic E-state index is 13.5. The quantitative estimate of drug-likeness (QED) is 0.0493. The van der Waals surface area contributed by atoms with Gasteiger partial charge in [0.05, 0.1) is 32.2 Å². The van der Waals surface area contributed by atoms with Crippen LogP contribution in [0.3, 0.4) is 0 Å². The van der Waals surface area contributed by atoms with Gasteiger partial charge in [-0.15, -0.1) is 0 Å². The average Bonchev–Trinajstić information content (AvgIpc) is 3.58. The molecule has 0 unspecified atom stereocenters. The van der Waals surface area contributed by atoms with Crippen LogP contribution in [0.15, 0.2) is 0 Å². The summed E-state index contributed by atoms with van der Waals surface area (Å²) < 4.78 is 0. The number of carboxylic acids is 1. The third kappa shape index (κ3) is 14.9. The van der Waals surface area contributed by atoms with Crippen molar-refractivity contribution in [1.82, 2.24) is 36.8 Å². The van der Waals surface area contributed by atoms with E-state index in [1.54, 1.807) is 27.7 Å². The molecule has 0 aliphatic carbocycles. The predicted octanol–water partition coefficient (Wildman–Crippen LogP) is -5.10. The summed E-state index contributed by atoms with van der Waals surface area (Å²) in [4.78, 5) is 114. The van der Waals surface area contributed by atoms with Crippen LogP contribution in [-0.4, -0.2) is 142 Å². The Balaban J connectivity index is 2.91. The minimum atomic E-state index is -1.69. The second-order valence-corrected chi connectivity index (χ2v) is 13.4. The Morgan fingerprint density at radius 1 is 0.792 bits per heavy atom. The van der Waals surface area contributed by atoms with E-state index in [-0.39, 0.29) is 18.9 Å². The Kier molecular flexibility index (Phi) is 19.4. The molecule has 8 amide bonds. The van der Waals surface area contributed by atoms with Crippen molar-refractivity contribution in [3.63, 3.8) is 0 Å². The summed E-state index contributed by atoms with van der Waals surface area (Å²) in [6.45, 7) is 6.09. The largest absolute Gasteiger partial charge is 0.480 e. The Morgan fingerprint density at radius 2 is 1.36 bits per heavy atom. The second-order valence-electron chi connectivity index (χ2n) is 13.4. The van der Waals surface area contributed by atoms with Gasteiger partial charge >= 0.3 is 5.97 Å². The number of carbonyl (C=O) groups excluding carboxylic acids is 8. The zero-order chi connectivity index (χ0) is 40.6. The Hall–Kier alpha value is -4.89. The van der Waals surface area contributed by atoms with Gasteiger partial charge in [0.1, 0.15) is 36.3 Å². The Bertz CT molecular complexity index is 1350. The maximum atomic E-state index is 13.5. The van der Waals surface area contributed by atoms with Crippen molar-refractivity contribution in [3.05, 3.63) is 0 Å². The number of aliphatic hydroxyl groups excluding tert-OH is 2. The molecule has 53 heavy (non-hydrogen) atoms. The number of nitrogens with two attached hydrogens (primary N) is 2. The normalized spacial score (nSPS) is 17.9. The van der Waals surface area contributed by atoms with E-state index in [0.717, 1.165) is 0 Å². The first-order chi connectivity index (χ1) is 24.8. The fraction of sp³-hybridized carbons (Fsp3) is 0.719. The monoisotopic (exact) mass is 757 g/mol. The number of amides is 8. The SMILES string of the molecule is CC[C@H](C)[C@H](NC(=O)[C@H](C)NC(=O)CNC(=O)[C@@H]1CCCN1C(=O)[C@@H](N)CC(N)=O)C(=O)N[C@@H](CC(C)C)C(=O)N[C@@H](CO)C(=O)N[C@@H](CO)C(=O)O. The topological polar surface area (TPSA) is 342 Å². The van der Waals surface area contributed by atoms with Crippen molar-refractivity contribution in [3.8, 4) is 0 Å². The third-order valence-electron chi connectivity index (χ3n) is 8.52. The number of aliphatic hydroxyl groups is 2. The lowest BCUT2D eigenvalue weighted by molar-refractivity contribution is -0.143. The molecule has 1 saturated heterocycles. The number of rotatable bonds is 22. The molecule has 0 bridgehead atoms. The number of hydrogen-bond donors (Lipinski definition) is 11. The Morgan fingerprint density at radius 3 is 1.89 bits per heavy atom. The molecule has 1 heterocycles. The molecule has 0 saturated carbocycles. The zero-order valence-electron chi connectivity index (χ0n) is 30.7. The van der Waals surface area contributed by atoms with Crippen molar-refractivity contribution >= 4 is 53.2 Å². The molecular weight excluding hydrogens is 702 g/mol. The molecule has 21 heteroatoms. The summed E-state index contributed by atoms with van der Waals surface area (Å²) >= 11 is 0. The third-order valence-corrected chi connectivity index (χ3v) is 8.52. The van der Waals surface area contributed by atoms with E-state index in [2.05, 4.69) is 26.6 Å². The molecule has 1 fully saturated rings. The fourth-order valence-electron chi connectivity index (χ4n) is 5.33. The highest BCUT2D eigenvalue weighted by Gasteiger charge is 2.37. The number of carboxylic acid groups (broad SMARTS) is 1. The van der Waals surface area contributed by atoms with Crippen LogP contribution in [0.1, 0.15) is 66.7 Å². The summed E-state index contributed by atoms with van der Waals surface area (Å²) in [5.74, 6) is -8.46. The van der Waals surface area contributed by atoms with Gasteiger partial charge in [0.2, 0.25) is 47.3 Å². The van der Waals surface area contributed by atoms with E-state index in [1.807, 2.05) is 5.32 Å². The highest BCUT2D eigenvalue weighted by atomic mass is 16.4. The summed E-state index contributed by atoms with van der Waals surface area (Å²) in [5, 5.41) is 42.2. The van der Waals surface area contributed by atoms with Gasteiger partial charge in [-0.3, -0.25) is 38.4 Å². The smallest absolute Gasteiger partial charge is 0.328 e. The van der Waals surface area contributed by atoms with E-state index in [4.69, 9.17) is 16.6 Å². The molecule has 1 rings (SSSR count). The van der Waals surface area contributed by atoms with Crippen LogP contribution in [0.25, 0.3) is 0 Å². The van der Waals surface area contributed by atoms with Crippen LogP contribution in [-0.2, 0) is 43.2 Å². The van der Waals surface area contributed by atoms with Gasteiger partial charge < -0.3 is 63.6 Å². The molecule has 300 valence electrons. The van der Waals surface area contributed by atoms with Crippen LogP contribution in [0.2, 0.25) is 0 Å². The minimum Gasteiger partial charge on any atom is -0.480 e. The van der Waals surface area contributed by atoms with Crippen molar-refractivity contribution in [2.45, 2.75) is 109 Å². The predicted molar refractivity (Wildman–Crippen MR) is 186 cm³/mol. The highest BCUT2D eigenvalue weighted by Crippen LogP contribution is 2.19. The molecule has 21 nitrogen and oxygen atoms in total. The number of carbonyl (C=O) groups is 9. The summed E-state index contributed by atoms with van der Waals surface area (Å²) in [6, 6.07) is -9.09. The van der Waals surface area contributed by atoms with Crippen LogP contribution in [0.4, 0.5) is 0 Å². The van der Waals surface area contributed by atoms with Crippen LogP contribution >= 0.6 is 0 Å².